The van der Waals surface area contributed by atoms with Crippen LogP contribution in [0.5, 0.6) is 5.75 Å². The summed E-state index contributed by atoms with van der Waals surface area (Å²) in [5.41, 5.74) is 1.77. The van der Waals surface area contributed by atoms with Crippen LogP contribution in [-0.2, 0) is 11.3 Å². The first-order valence-electron chi connectivity index (χ1n) is 6.25. The predicted octanol–water partition coefficient (Wildman–Crippen LogP) is 2.53. The first-order valence-corrected chi connectivity index (χ1v) is 6.63. The molecule has 0 radical (unpaired) electrons. The van der Waals surface area contributed by atoms with Crippen molar-refractivity contribution in [1.29, 1.82) is 5.26 Å². The van der Waals surface area contributed by atoms with Crippen LogP contribution in [-0.4, -0.2) is 17.5 Å². The Labute approximate surface area is 126 Å². The van der Waals surface area contributed by atoms with Gasteiger partial charge in [-0.1, -0.05) is 11.6 Å². The Morgan fingerprint density at radius 2 is 2.24 bits per heavy atom. The average Bonchev–Trinajstić information content (AvgIpc) is 2.50. The van der Waals surface area contributed by atoms with Gasteiger partial charge in [0.1, 0.15) is 17.5 Å². The van der Waals surface area contributed by atoms with Crippen LogP contribution in [0.1, 0.15) is 11.3 Å². The van der Waals surface area contributed by atoms with E-state index in [0.717, 1.165) is 5.56 Å². The lowest BCUT2D eigenvalue weighted by Crippen LogP contribution is -2.38. The fourth-order valence-corrected chi connectivity index (χ4v) is 2.33. The fourth-order valence-electron chi connectivity index (χ4n) is 2.16. The zero-order valence-corrected chi connectivity index (χ0v) is 11.7. The molecule has 5 nitrogen and oxygen atoms in total. The standard InChI is InChI=1S/C15H10ClN3O2/c16-11-1-2-14-13(6-11)19(15(20)9-21-14)8-10-3-4-18-12(5-10)7-17/h1-6H,8-9H2. The van der Waals surface area contributed by atoms with E-state index in [2.05, 4.69) is 4.98 Å². The van der Waals surface area contributed by atoms with Crippen LogP contribution >= 0.6 is 11.6 Å². The van der Waals surface area contributed by atoms with E-state index < -0.39 is 0 Å². The van der Waals surface area contributed by atoms with Gasteiger partial charge in [0.25, 0.3) is 5.91 Å². The van der Waals surface area contributed by atoms with E-state index in [1.54, 1.807) is 41.4 Å². The maximum atomic E-state index is 12.1. The number of nitriles is 1. The molecule has 0 spiro atoms. The number of anilines is 1. The number of fused-ring (bicyclic) bond motifs is 1. The van der Waals surface area contributed by atoms with Crippen LogP contribution in [0.4, 0.5) is 5.69 Å². The highest BCUT2D eigenvalue weighted by Crippen LogP contribution is 2.35. The number of carbonyl (C=O) groups is 1. The summed E-state index contributed by atoms with van der Waals surface area (Å²) in [7, 11) is 0. The number of amides is 1. The minimum atomic E-state index is -0.153. The lowest BCUT2D eigenvalue weighted by Gasteiger charge is -2.29. The Morgan fingerprint density at radius 1 is 1.38 bits per heavy atom. The van der Waals surface area contributed by atoms with Gasteiger partial charge < -0.3 is 9.64 Å². The molecule has 0 fully saturated rings. The first kappa shape index (κ1) is 13.4. The van der Waals surface area contributed by atoms with Crippen molar-refractivity contribution in [3.8, 4) is 11.8 Å². The monoisotopic (exact) mass is 299 g/mol. The van der Waals surface area contributed by atoms with Crippen LogP contribution in [0.15, 0.2) is 36.5 Å². The summed E-state index contributed by atoms with van der Waals surface area (Å²) in [4.78, 5) is 17.6. The van der Waals surface area contributed by atoms with Crippen molar-refractivity contribution in [2.24, 2.45) is 0 Å². The third kappa shape index (κ3) is 2.67. The number of ether oxygens (including phenoxy) is 1. The second kappa shape index (κ2) is 5.43. The van der Waals surface area contributed by atoms with Gasteiger partial charge >= 0.3 is 0 Å². The van der Waals surface area contributed by atoms with E-state index in [9.17, 15) is 4.79 Å². The Kier molecular flexibility index (Phi) is 3.46. The Balaban J connectivity index is 1.96. The maximum Gasteiger partial charge on any atom is 0.265 e. The van der Waals surface area contributed by atoms with Crippen LogP contribution in [0, 0.1) is 11.3 Å². The molecule has 0 unspecified atom stereocenters. The van der Waals surface area contributed by atoms with Crippen LogP contribution in [0.2, 0.25) is 5.02 Å². The smallest absolute Gasteiger partial charge is 0.265 e. The lowest BCUT2D eigenvalue weighted by atomic mass is 10.1. The fraction of sp³-hybridized carbons (Fsp3) is 0.133. The molecule has 1 aromatic carbocycles. The average molecular weight is 300 g/mol. The molecular formula is C15H10ClN3O2. The van der Waals surface area contributed by atoms with Crippen molar-refractivity contribution in [3.63, 3.8) is 0 Å². The molecule has 2 heterocycles. The largest absolute Gasteiger partial charge is 0.482 e. The minimum Gasteiger partial charge on any atom is -0.482 e. The van der Waals surface area contributed by atoms with Crippen LogP contribution in [0.25, 0.3) is 0 Å². The summed E-state index contributed by atoms with van der Waals surface area (Å²) < 4.78 is 5.39. The molecule has 1 aromatic heterocycles. The third-order valence-corrected chi connectivity index (χ3v) is 3.38. The summed E-state index contributed by atoms with van der Waals surface area (Å²) in [5.74, 6) is 0.466. The van der Waals surface area contributed by atoms with Gasteiger partial charge in [-0.05, 0) is 35.9 Å². The molecule has 2 aromatic rings. The number of pyridine rings is 1. The highest BCUT2D eigenvalue weighted by Gasteiger charge is 2.25. The number of hydrogen-bond acceptors (Lipinski definition) is 4. The first-order chi connectivity index (χ1) is 10.2. The Bertz CT molecular complexity index is 755. The SMILES string of the molecule is N#Cc1cc(CN2C(=O)COc3ccc(Cl)cc32)ccn1. The van der Waals surface area contributed by atoms with E-state index in [-0.39, 0.29) is 12.5 Å². The van der Waals surface area contributed by atoms with Crippen molar-refractivity contribution in [2.45, 2.75) is 6.54 Å². The summed E-state index contributed by atoms with van der Waals surface area (Å²) in [6.45, 7) is 0.331. The highest BCUT2D eigenvalue weighted by atomic mass is 35.5. The van der Waals surface area contributed by atoms with Gasteiger partial charge in [0, 0.05) is 11.2 Å². The van der Waals surface area contributed by atoms with Crippen LogP contribution in [0.3, 0.4) is 0 Å². The number of hydrogen-bond donors (Lipinski definition) is 0. The van der Waals surface area contributed by atoms with Gasteiger partial charge in [-0.15, -0.1) is 0 Å². The molecule has 0 atom stereocenters. The van der Waals surface area contributed by atoms with Crippen molar-refractivity contribution < 1.29 is 9.53 Å². The van der Waals surface area contributed by atoms with Gasteiger partial charge in [0.05, 0.1) is 12.2 Å². The van der Waals surface area contributed by atoms with Gasteiger partial charge in [-0.3, -0.25) is 4.79 Å². The summed E-state index contributed by atoms with van der Waals surface area (Å²) in [6.07, 6.45) is 1.55. The molecule has 0 aliphatic carbocycles. The summed E-state index contributed by atoms with van der Waals surface area (Å²) in [5, 5.41) is 9.42. The second-order valence-corrected chi connectivity index (χ2v) is 4.98. The number of carbonyl (C=O) groups excluding carboxylic acids is 1. The molecule has 3 rings (SSSR count). The highest BCUT2D eigenvalue weighted by molar-refractivity contribution is 6.31. The number of halogens is 1. The number of aromatic nitrogens is 1. The molecule has 0 saturated heterocycles. The molecule has 21 heavy (non-hydrogen) atoms. The molecule has 1 aliphatic rings. The van der Waals surface area contributed by atoms with E-state index in [4.69, 9.17) is 21.6 Å². The van der Waals surface area contributed by atoms with Crippen molar-refractivity contribution in [3.05, 3.63) is 52.8 Å². The van der Waals surface area contributed by atoms with Crippen molar-refractivity contribution in [1.82, 2.24) is 4.98 Å². The molecule has 1 aliphatic heterocycles. The zero-order chi connectivity index (χ0) is 14.8. The maximum absolute atomic E-state index is 12.1. The quantitative estimate of drug-likeness (QED) is 0.854. The molecule has 0 bridgehead atoms. The second-order valence-electron chi connectivity index (χ2n) is 4.54. The molecular weight excluding hydrogens is 290 g/mol. The third-order valence-electron chi connectivity index (χ3n) is 3.14. The van der Waals surface area contributed by atoms with Gasteiger partial charge in [-0.2, -0.15) is 5.26 Å². The minimum absolute atomic E-state index is 0.00910. The topological polar surface area (TPSA) is 66.2 Å². The zero-order valence-electron chi connectivity index (χ0n) is 10.9. The molecule has 0 N–H and O–H groups in total. The summed E-state index contributed by atoms with van der Waals surface area (Å²) >= 11 is 5.99. The predicted molar refractivity (Wildman–Crippen MR) is 77.1 cm³/mol. The lowest BCUT2D eigenvalue weighted by molar-refractivity contribution is -0.121. The van der Waals surface area contributed by atoms with E-state index in [1.807, 2.05) is 6.07 Å². The van der Waals surface area contributed by atoms with E-state index in [0.29, 0.717) is 28.7 Å². The Morgan fingerprint density at radius 3 is 3.05 bits per heavy atom. The molecule has 104 valence electrons. The van der Waals surface area contributed by atoms with Crippen molar-refractivity contribution >= 4 is 23.2 Å². The normalized spacial score (nSPS) is 13.3. The van der Waals surface area contributed by atoms with Crippen molar-refractivity contribution in [2.75, 3.05) is 11.5 Å². The van der Waals surface area contributed by atoms with Gasteiger partial charge in [0.15, 0.2) is 6.61 Å². The molecule has 0 saturated carbocycles. The summed E-state index contributed by atoms with van der Waals surface area (Å²) in [6, 6.07) is 10.6. The molecule has 1 amide bonds. The van der Waals surface area contributed by atoms with Gasteiger partial charge in [0.2, 0.25) is 0 Å². The van der Waals surface area contributed by atoms with E-state index >= 15 is 0 Å². The number of nitrogens with zero attached hydrogens (tertiary/aromatic N) is 3. The van der Waals surface area contributed by atoms with Gasteiger partial charge in [-0.25, -0.2) is 4.98 Å². The Hall–Kier alpha value is -2.58. The number of rotatable bonds is 2. The molecule has 6 heteroatoms. The number of benzene rings is 1. The van der Waals surface area contributed by atoms with Crippen LogP contribution < -0.4 is 9.64 Å². The van der Waals surface area contributed by atoms with E-state index in [1.165, 1.54) is 0 Å².